The van der Waals surface area contributed by atoms with E-state index in [2.05, 4.69) is 5.32 Å². The highest BCUT2D eigenvalue weighted by atomic mass is 19.4. The van der Waals surface area contributed by atoms with Crippen LogP contribution in [0.4, 0.5) is 24.5 Å². The molecule has 0 atom stereocenters. The van der Waals surface area contributed by atoms with Gasteiger partial charge in [0.2, 0.25) is 5.91 Å². The van der Waals surface area contributed by atoms with Crippen LogP contribution >= 0.6 is 0 Å². The fraction of sp³-hybridized carbons (Fsp3) is 0.364. The summed E-state index contributed by atoms with van der Waals surface area (Å²) in [5.41, 5.74) is 0.778. The lowest BCUT2D eigenvalue weighted by Gasteiger charge is -2.21. The van der Waals surface area contributed by atoms with Crippen LogP contribution in [0.1, 0.15) is 47.2 Å². The standard InChI is InChI=1S/C22H21F3N2O2/c23-22(24,25)18-8-4-3-7-17(18)20(28)26-16-9-10-19-15(13-16)11-12-27(19)21(29)14-5-1-2-6-14/h3-4,7-10,13-14H,1-2,5-6,11-12H2,(H,26,28). The average molecular weight is 402 g/mol. The molecule has 29 heavy (non-hydrogen) atoms. The quantitative estimate of drug-likeness (QED) is 0.782. The molecule has 0 bridgehead atoms. The lowest BCUT2D eigenvalue weighted by Crippen LogP contribution is -2.33. The first kappa shape index (κ1) is 19.5. The van der Waals surface area contributed by atoms with Gasteiger partial charge in [0, 0.05) is 23.8 Å². The number of hydrogen-bond acceptors (Lipinski definition) is 2. The van der Waals surface area contributed by atoms with E-state index in [9.17, 15) is 22.8 Å². The third-order valence-corrected chi connectivity index (χ3v) is 5.68. The van der Waals surface area contributed by atoms with E-state index in [0.29, 0.717) is 18.7 Å². The Morgan fingerprint density at radius 3 is 2.48 bits per heavy atom. The van der Waals surface area contributed by atoms with E-state index in [1.807, 2.05) is 0 Å². The van der Waals surface area contributed by atoms with Crippen LogP contribution in [-0.2, 0) is 17.4 Å². The largest absolute Gasteiger partial charge is 0.417 e. The summed E-state index contributed by atoms with van der Waals surface area (Å²) >= 11 is 0. The Bertz CT molecular complexity index is 949. The Hall–Kier alpha value is -2.83. The maximum absolute atomic E-state index is 13.2. The molecule has 2 amide bonds. The summed E-state index contributed by atoms with van der Waals surface area (Å²) in [7, 11) is 0. The monoisotopic (exact) mass is 402 g/mol. The minimum absolute atomic E-state index is 0.0826. The third kappa shape index (κ3) is 3.86. The normalized spacial score (nSPS) is 16.7. The highest BCUT2D eigenvalue weighted by molar-refractivity contribution is 6.06. The molecule has 1 aliphatic carbocycles. The topological polar surface area (TPSA) is 49.4 Å². The van der Waals surface area contributed by atoms with E-state index >= 15 is 0 Å². The predicted molar refractivity (Wildman–Crippen MR) is 104 cm³/mol. The molecule has 4 nitrogen and oxygen atoms in total. The van der Waals surface area contributed by atoms with Crippen LogP contribution in [-0.4, -0.2) is 18.4 Å². The molecule has 1 saturated carbocycles. The van der Waals surface area contributed by atoms with Crippen LogP contribution in [0.5, 0.6) is 0 Å². The third-order valence-electron chi connectivity index (χ3n) is 5.68. The van der Waals surface area contributed by atoms with Gasteiger partial charge in [-0.1, -0.05) is 25.0 Å². The van der Waals surface area contributed by atoms with E-state index in [1.54, 1.807) is 23.1 Å². The number of benzene rings is 2. The van der Waals surface area contributed by atoms with Crippen LogP contribution in [0.3, 0.4) is 0 Å². The molecule has 7 heteroatoms. The first-order chi connectivity index (χ1) is 13.8. The first-order valence-electron chi connectivity index (χ1n) is 9.76. The number of anilines is 2. The van der Waals surface area contributed by atoms with E-state index in [1.165, 1.54) is 12.1 Å². The highest BCUT2D eigenvalue weighted by Gasteiger charge is 2.35. The molecule has 2 aromatic rings. The molecule has 1 heterocycles. The summed E-state index contributed by atoms with van der Waals surface area (Å²) in [5, 5.41) is 2.56. The second kappa shape index (κ2) is 7.54. The van der Waals surface area contributed by atoms with Gasteiger partial charge in [-0.3, -0.25) is 9.59 Å². The number of rotatable bonds is 3. The van der Waals surface area contributed by atoms with Crippen molar-refractivity contribution < 1.29 is 22.8 Å². The number of amides is 2. The zero-order valence-corrected chi connectivity index (χ0v) is 15.8. The van der Waals surface area contributed by atoms with Crippen molar-refractivity contribution in [2.45, 2.75) is 38.3 Å². The smallest absolute Gasteiger partial charge is 0.322 e. The minimum atomic E-state index is -4.60. The van der Waals surface area contributed by atoms with Gasteiger partial charge in [-0.15, -0.1) is 0 Å². The van der Waals surface area contributed by atoms with Gasteiger partial charge in [-0.25, -0.2) is 0 Å². The Kier molecular flexibility index (Phi) is 5.06. The Balaban J connectivity index is 1.52. The Labute approximate surface area is 166 Å². The van der Waals surface area contributed by atoms with Crippen LogP contribution in [0.25, 0.3) is 0 Å². The van der Waals surface area contributed by atoms with Crippen molar-refractivity contribution in [2.75, 3.05) is 16.8 Å². The molecule has 4 rings (SSSR count). The molecule has 2 aromatic carbocycles. The van der Waals surface area contributed by atoms with Gasteiger partial charge in [-0.05, 0) is 55.2 Å². The van der Waals surface area contributed by atoms with Gasteiger partial charge >= 0.3 is 6.18 Å². The second-order valence-corrected chi connectivity index (χ2v) is 7.56. The van der Waals surface area contributed by atoms with Crippen LogP contribution in [0.2, 0.25) is 0 Å². The van der Waals surface area contributed by atoms with Crippen molar-refractivity contribution in [3.8, 4) is 0 Å². The van der Waals surface area contributed by atoms with Crippen LogP contribution in [0.15, 0.2) is 42.5 Å². The Morgan fingerprint density at radius 1 is 1.03 bits per heavy atom. The van der Waals surface area contributed by atoms with E-state index in [-0.39, 0.29) is 11.8 Å². The number of halogens is 3. The predicted octanol–water partition coefficient (Wildman–Crippen LogP) is 5.04. The second-order valence-electron chi connectivity index (χ2n) is 7.56. The first-order valence-corrected chi connectivity index (χ1v) is 9.76. The molecular formula is C22H21F3N2O2. The summed E-state index contributed by atoms with van der Waals surface area (Å²) in [6.07, 6.45) is 0.0847. The van der Waals surface area contributed by atoms with Crippen molar-refractivity contribution in [1.82, 2.24) is 0 Å². The Morgan fingerprint density at radius 2 is 1.76 bits per heavy atom. The molecule has 1 aliphatic heterocycles. The molecule has 1 fully saturated rings. The highest BCUT2D eigenvalue weighted by Crippen LogP contribution is 2.35. The average Bonchev–Trinajstić information content (AvgIpc) is 3.36. The molecule has 0 aromatic heterocycles. The van der Waals surface area contributed by atoms with Gasteiger partial charge in [0.25, 0.3) is 5.91 Å². The van der Waals surface area contributed by atoms with Crippen molar-refractivity contribution in [3.63, 3.8) is 0 Å². The van der Waals surface area contributed by atoms with Gasteiger partial charge in [-0.2, -0.15) is 13.2 Å². The lowest BCUT2D eigenvalue weighted by atomic mass is 10.1. The summed E-state index contributed by atoms with van der Waals surface area (Å²) in [5.74, 6) is -0.578. The molecule has 2 aliphatic rings. The molecule has 0 radical (unpaired) electrons. The van der Waals surface area contributed by atoms with E-state index < -0.39 is 23.2 Å². The number of hydrogen-bond donors (Lipinski definition) is 1. The SMILES string of the molecule is O=C(Nc1ccc2c(c1)CCN2C(=O)C1CCCC1)c1ccccc1C(F)(F)F. The summed E-state index contributed by atoms with van der Waals surface area (Å²) in [6, 6.07) is 9.85. The molecular weight excluding hydrogens is 381 g/mol. The molecule has 0 spiro atoms. The number of carbonyl (C=O) groups is 2. The van der Waals surface area contributed by atoms with Crippen molar-refractivity contribution in [2.24, 2.45) is 5.92 Å². The van der Waals surface area contributed by atoms with Gasteiger partial charge in [0.05, 0.1) is 11.1 Å². The van der Waals surface area contributed by atoms with Crippen LogP contribution < -0.4 is 10.2 Å². The zero-order chi connectivity index (χ0) is 20.6. The molecule has 1 N–H and O–H groups in total. The molecule has 152 valence electrons. The number of fused-ring (bicyclic) bond motifs is 1. The minimum Gasteiger partial charge on any atom is -0.322 e. The van der Waals surface area contributed by atoms with Crippen LogP contribution in [0, 0.1) is 5.92 Å². The van der Waals surface area contributed by atoms with Crippen molar-refractivity contribution in [1.29, 1.82) is 0 Å². The summed E-state index contributed by atoms with van der Waals surface area (Å²) in [6.45, 7) is 0.596. The van der Waals surface area contributed by atoms with Crippen molar-refractivity contribution >= 4 is 23.2 Å². The van der Waals surface area contributed by atoms with Crippen molar-refractivity contribution in [3.05, 3.63) is 59.2 Å². The molecule has 0 unspecified atom stereocenters. The maximum atomic E-state index is 13.2. The van der Waals surface area contributed by atoms with E-state index in [0.717, 1.165) is 49.1 Å². The van der Waals surface area contributed by atoms with E-state index in [4.69, 9.17) is 0 Å². The van der Waals surface area contributed by atoms with Gasteiger partial charge in [0.1, 0.15) is 0 Å². The zero-order valence-electron chi connectivity index (χ0n) is 15.8. The number of nitrogens with one attached hydrogen (secondary N) is 1. The fourth-order valence-corrected chi connectivity index (χ4v) is 4.23. The summed E-state index contributed by atoms with van der Waals surface area (Å²) in [4.78, 5) is 27.0. The number of carbonyl (C=O) groups excluding carboxylic acids is 2. The number of alkyl halides is 3. The number of nitrogens with zero attached hydrogens (tertiary/aromatic N) is 1. The summed E-state index contributed by atoms with van der Waals surface area (Å²) < 4.78 is 39.5. The van der Waals surface area contributed by atoms with Gasteiger partial charge < -0.3 is 10.2 Å². The lowest BCUT2D eigenvalue weighted by molar-refractivity contribution is -0.137. The van der Waals surface area contributed by atoms with Gasteiger partial charge in [0.15, 0.2) is 0 Å². The fourth-order valence-electron chi connectivity index (χ4n) is 4.23. The maximum Gasteiger partial charge on any atom is 0.417 e. The molecule has 0 saturated heterocycles.